The van der Waals surface area contributed by atoms with Gasteiger partial charge < -0.3 is 5.73 Å². The zero-order valence-corrected chi connectivity index (χ0v) is 30.1. The maximum Gasteiger partial charge on any atom is -0.00516 e. The SMILES string of the molecule is C=C(C)C(CC)C(C(C)CC)C1CCC(C(C)(C)CC)CC1.CC.CC1CCC2CCCC2C1.CCC(C)CN. The summed E-state index contributed by atoms with van der Waals surface area (Å²) in [6.07, 6.45) is 20.2. The van der Waals surface area contributed by atoms with Crippen LogP contribution in [0.2, 0.25) is 0 Å². The molecule has 3 aliphatic carbocycles. The number of hydrogen-bond donors (Lipinski definition) is 1. The van der Waals surface area contributed by atoms with E-state index in [1.165, 1.54) is 69.8 Å². The Bertz CT molecular complexity index is 608. The predicted molar refractivity (Wildman–Crippen MR) is 185 cm³/mol. The lowest BCUT2D eigenvalue weighted by Gasteiger charge is -2.44. The van der Waals surface area contributed by atoms with Crippen molar-refractivity contribution < 1.29 is 0 Å². The Labute approximate surface area is 255 Å². The van der Waals surface area contributed by atoms with Gasteiger partial charge in [-0.15, -0.1) is 0 Å². The van der Waals surface area contributed by atoms with E-state index >= 15 is 0 Å². The largest absolute Gasteiger partial charge is 0.330 e. The van der Waals surface area contributed by atoms with Crippen molar-refractivity contribution >= 4 is 0 Å². The molecule has 2 N–H and O–H groups in total. The first-order valence-electron chi connectivity index (χ1n) is 18.3. The van der Waals surface area contributed by atoms with Crippen molar-refractivity contribution in [3.8, 4) is 0 Å². The van der Waals surface area contributed by atoms with Crippen LogP contribution in [0.5, 0.6) is 0 Å². The minimum absolute atomic E-state index is 0.537. The van der Waals surface area contributed by atoms with E-state index in [4.69, 9.17) is 5.73 Å². The van der Waals surface area contributed by atoms with Crippen molar-refractivity contribution in [1.29, 1.82) is 0 Å². The third-order valence-corrected chi connectivity index (χ3v) is 11.8. The molecule has 40 heavy (non-hydrogen) atoms. The summed E-state index contributed by atoms with van der Waals surface area (Å²) in [5, 5.41) is 0. The topological polar surface area (TPSA) is 26.0 Å². The Hall–Kier alpha value is -0.300. The number of fused-ring (bicyclic) bond motifs is 1. The van der Waals surface area contributed by atoms with Crippen LogP contribution in [0.4, 0.5) is 0 Å². The number of rotatable bonds is 10. The second-order valence-electron chi connectivity index (χ2n) is 14.9. The molecule has 0 bridgehead atoms. The van der Waals surface area contributed by atoms with E-state index in [1.807, 2.05) is 13.8 Å². The molecule has 0 aromatic heterocycles. The van der Waals surface area contributed by atoms with Crippen LogP contribution in [0.1, 0.15) is 173 Å². The zero-order valence-electron chi connectivity index (χ0n) is 30.1. The van der Waals surface area contributed by atoms with Crippen LogP contribution < -0.4 is 5.73 Å². The lowest BCUT2D eigenvalue weighted by Crippen LogP contribution is -2.35. The molecule has 3 saturated carbocycles. The molecule has 0 aromatic carbocycles. The summed E-state index contributed by atoms with van der Waals surface area (Å²) in [7, 11) is 0. The van der Waals surface area contributed by atoms with Gasteiger partial charge in [-0.05, 0) is 117 Å². The highest BCUT2D eigenvalue weighted by atomic mass is 14.5. The number of nitrogens with two attached hydrogens (primary N) is 1. The van der Waals surface area contributed by atoms with Crippen molar-refractivity contribution in [1.82, 2.24) is 0 Å². The first kappa shape index (κ1) is 39.7. The summed E-state index contributed by atoms with van der Waals surface area (Å²) in [6, 6.07) is 0. The Morgan fingerprint density at radius 3 is 1.82 bits per heavy atom. The van der Waals surface area contributed by atoms with Gasteiger partial charge in [-0.1, -0.05) is 133 Å². The summed E-state index contributed by atoms with van der Waals surface area (Å²) in [5.41, 5.74) is 7.24. The molecule has 3 fully saturated rings. The van der Waals surface area contributed by atoms with E-state index in [-0.39, 0.29) is 0 Å². The van der Waals surface area contributed by atoms with E-state index in [0.717, 1.165) is 53.9 Å². The fourth-order valence-corrected chi connectivity index (χ4v) is 8.09. The third-order valence-electron chi connectivity index (χ3n) is 11.8. The molecular weight excluding hydrogens is 482 g/mol. The summed E-state index contributed by atoms with van der Waals surface area (Å²) in [6.45, 7) is 32.7. The van der Waals surface area contributed by atoms with E-state index in [0.29, 0.717) is 11.3 Å². The van der Waals surface area contributed by atoms with Gasteiger partial charge in [0.15, 0.2) is 0 Å². The third kappa shape index (κ3) is 13.3. The average molecular weight is 562 g/mol. The molecule has 0 spiro atoms. The maximum atomic E-state index is 5.28. The van der Waals surface area contributed by atoms with Gasteiger partial charge in [0.05, 0.1) is 0 Å². The van der Waals surface area contributed by atoms with Crippen LogP contribution >= 0.6 is 0 Å². The van der Waals surface area contributed by atoms with Gasteiger partial charge in [0.2, 0.25) is 0 Å². The standard InChI is InChI=1S/C22H42.C10H18.C5H13N.C2H6/c1-9-17(6)21(20(10-2)16(4)5)18-12-14-19(15-13-18)22(7,8)11-3;1-8-5-6-9-3-2-4-10(9)7-8;1-3-5(2)4-6;1-2/h17-21H,4,9-15H2,1-3,5-8H3;8-10H,2-7H2,1H3;5H,3-4,6H2,1-2H3;1-2H3. The first-order valence-corrected chi connectivity index (χ1v) is 18.3. The highest BCUT2D eigenvalue weighted by Gasteiger charge is 2.38. The lowest BCUT2D eigenvalue weighted by atomic mass is 9.61. The van der Waals surface area contributed by atoms with Gasteiger partial charge in [0, 0.05) is 0 Å². The smallest absolute Gasteiger partial charge is 0.00516 e. The molecule has 0 aromatic rings. The Balaban J connectivity index is 0.000000687. The van der Waals surface area contributed by atoms with Crippen LogP contribution in [0.15, 0.2) is 12.2 Å². The van der Waals surface area contributed by atoms with E-state index in [1.54, 1.807) is 25.7 Å². The molecule has 3 rings (SSSR count). The van der Waals surface area contributed by atoms with Crippen molar-refractivity contribution in [2.75, 3.05) is 6.54 Å². The van der Waals surface area contributed by atoms with Crippen LogP contribution in [0.25, 0.3) is 0 Å². The summed E-state index contributed by atoms with van der Waals surface area (Å²) in [5.74, 6) is 8.34. The number of allylic oxidation sites excluding steroid dienone is 1. The van der Waals surface area contributed by atoms with Crippen LogP contribution in [0.3, 0.4) is 0 Å². The molecular formula is C39H79N. The normalized spacial score (nSPS) is 29.1. The lowest BCUT2D eigenvalue weighted by molar-refractivity contribution is 0.0712. The summed E-state index contributed by atoms with van der Waals surface area (Å²) in [4.78, 5) is 0. The Kier molecular flexibility index (Phi) is 21.2. The van der Waals surface area contributed by atoms with Crippen molar-refractivity contribution in [2.24, 2.45) is 64.4 Å². The first-order chi connectivity index (χ1) is 18.9. The van der Waals surface area contributed by atoms with E-state index in [9.17, 15) is 0 Å². The molecule has 0 saturated heterocycles. The second-order valence-corrected chi connectivity index (χ2v) is 14.9. The Morgan fingerprint density at radius 1 is 0.825 bits per heavy atom. The summed E-state index contributed by atoms with van der Waals surface area (Å²) >= 11 is 0. The molecule has 3 aliphatic rings. The van der Waals surface area contributed by atoms with Gasteiger partial charge in [-0.2, -0.15) is 0 Å². The highest BCUT2D eigenvalue weighted by molar-refractivity contribution is 5.02. The Morgan fingerprint density at radius 2 is 1.40 bits per heavy atom. The molecule has 7 atom stereocenters. The number of hydrogen-bond acceptors (Lipinski definition) is 1. The van der Waals surface area contributed by atoms with Crippen molar-refractivity contribution in [2.45, 2.75) is 173 Å². The molecule has 1 heteroatoms. The molecule has 1 nitrogen and oxygen atoms in total. The summed E-state index contributed by atoms with van der Waals surface area (Å²) < 4.78 is 0. The van der Waals surface area contributed by atoms with Gasteiger partial charge in [-0.3, -0.25) is 0 Å². The van der Waals surface area contributed by atoms with Crippen molar-refractivity contribution in [3.63, 3.8) is 0 Å². The molecule has 7 unspecified atom stereocenters. The molecule has 0 aliphatic heterocycles. The minimum atomic E-state index is 0.537. The minimum Gasteiger partial charge on any atom is -0.330 e. The van der Waals surface area contributed by atoms with Crippen LogP contribution in [-0.4, -0.2) is 6.54 Å². The second kappa shape index (κ2) is 21.4. The molecule has 0 amide bonds. The van der Waals surface area contributed by atoms with Gasteiger partial charge in [0.1, 0.15) is 0 Å². The quantitative estimate of drug-likeness (QED) is 0.264. The maximum absolute atomic E-state index is 5.28. The zero-order chi connectivity index (χ0) is 30.9. The molecule has 0 heterocycles. The average Bonchev–Trinajstić information content (AvgIpc) is 3.44. The van der Waals surface area contributed by atoms with Crippen LogP contribution in [0, 0.1) is 58.7 Å². The van der Waals surface area contributed by atoms with Gasteiger partial charge in [-0.25, -0.2) is 0 Å². The monoisotopic (exact) mass is 562 g/mol. The van der Waals surface area contributed by atoms with Gasteiger partial charge >= 0.3 is 0 Å². The fraction of sp³-hybridized carbons (Fsp3) is 0.949. The molecule has 0 radical (unpaired) electrons. The predicted octanol–water partition coefficient (Wildman–Crippen LogP) is 12.7. The van der Waals surface area contributed by atoms with E-state index < -0.39 is 0 Å². The fourth-order valence-electron chi connectivity index (χ4n) is 8.09. The highest BCUT2D eigenvalue weighted by Crippen LogP contribution is 2.48. The van der Waals surface area contributed by atoms with Gasteiger partial charge in [0.25, 0.3) is 0 Å². The van der Waals surface area contributed by atoms with Crippen molar-refractivity contribution in [3.05, 3.63) is 12.2 Å². The molecule has 240 valence electrons. The van der Waals surface area contributed by atoms with Crippen LogP contribution in [-0.2, 0) is 0 Å². The van der Waals surface area contributed by atoms with E-state index in [2.05, 4.69) is 75.8 Å².